The average Bonchev–Trinajstić information content (AvgIpc) is 3.06. The van der Waals surface area contributed by atoms with Gasteiger partial charge in [0.15, 0.2) is 0 Å². The van der Waals surface area contributed by atoms with Crippen molar-refractivity contribution < 1.29 is 14.4 Å². The first-order chi connectivity index (χ1) is 14.1. The minimum Gasteiger partial charge on any atom is -0.329 e. The quantitative estimate of drug-likeness (QED) is 0.642. The molecule has 2 aromatic rings. The van der Waals surface area contributed by atoms with Gasteiger partial charge < -0.3 is 16.0 Å². The molecule has 0 saturated carbocycles. The molecule has 0 bridgehead atoms. The largest absolute Gasteiger partial charge is 0.329 e. The van der Waals surface area contributed by atoms with Crippen LogP contribution >= 0.6 is 0 Å². The second-order valence-electron chi connectivity index (χ2n) is 7.42. The molecule has 4 rings (SSSR count). The van der Waals surface area contributed by atoms with Crippen LogP contribution in [0, 0.1) is 0 Å². The lowest BCUT2D eigenvalue weighted by Crippen LogP contribution is -2.52. The van der Waals surface area contributed by atoms with Gasteiger partial charge >= 0.3 is 0 Å². The zero-order valence-electron chi connectivity index (χ0n) is 16.1. The molecular weight excluding hydrogens is 368 g/mol. The van der Waals surface area contributed by atoms with Crippen LogP contribution in [0.5, 0.6) is 0 Å². The first-order valence-electron chi connectivity index (χ1n) is 9.82. The van der Waals surface area contributed by atoms with Crippen molar-refractivity contribution in [3.05, 3.63) is 70.8 Å². The van der Waals surface area contributed by atoms with E-state index in [1.807, 2.05) is 42.5 Å². The second kappa shape index (κ2) is 8.14. The average molecular weight is 392 g/mol. The summed E-state index contributed by atoms with van der Waals surface area (Å²) in [5.41, 5.74) is 9.63. The van der Waals surface area contributed by atoms with Gasteiger partial charge in [-0.1, -0.05) is 42.5 Å². The van der Waals surface area contributed by atoms with Crippen molar-refractivity contribution in [3.63, 3.8) is 0 Å². The Morgan fingerprint density at radius 3 is 2.62 bits per heavy atom. The Morgan fingerprint density at radius 1 is 1.10 bits per heavy atom. The Balaban J connectivity index is 1.51. The van der Waals surface area contributed by atoms with Gasteiger partial charge in [0.1, 0.15) is 6.04 Å². The van der Waals surface area contributed by atoms with E-state index in [1.165, 1.54) is 0 Å². The fourth-order valence-corrected chi connectivity index (χ4v) is 4.07. The summed E-state index contributed by atoms with van der Waals surface area (Å²) in [5, 5.41) is 5.81. The smallest absolute Gasteiger partial charge is 0.255 e. The van der Waals surface area contributed by atoms with E-state index in [1.54, 1.807) is 11.0 Å². The Kier molecular flexibility index (Phi) is 5.42. The number of benzene rings is 2. The zero-order valence-corrected chi connectivity index (χ0v) is 16.1. The highest BCUT2D eigenvalue weighted by Gasteiger charge is 2.39. The molecule has 1 unspecified atom stereocenters. The third-order valence-corrected chi connectivity index (χ3v) is 5.66. The summed E-state index contributed by atoms with van der Waals surface area (Å²) in [7, 11) is 0. The van der Waals surface area contributed by atoms with Crippen molar-refractivity contribution in [2.45, 2.75) is 38.0 Å². The van der Waals surface area contributed by atoms with Crippen molar-refractivity contribution in [2.75, 3.05) is 6.54 Å². The highest BCUT2D eigenvalue weighted by Crippen LogP contribution is 2.30. The Morgan fingerprint density at radius 2 is 1.90 bits per heavy atom. The number of carbonyl (C=O) groups is 3. The van der Waals surface area contributed by atoms with Gasteiger partial charge in [-0.05, 0) is 29.2 Å². The maximum absolute atomic E-state index is 12.9. The summed E-state index contributed by atoms with van der Waals surface area (Å²) >= 11 is 0. The third-order valence-electron chi connectivity index (χ3n) is 5.66. The van der Waals surface area contributed by atoms with Crippen LogP contribution in [0.25, 0.3) is 0 Å². The van der Waals surface area contributed by atoms with Crippen LogP contribution < -0.4 is 16.4 Å². The number of hydrogen-bond donors (Lipinski definition) is 3. The number of imide groups is 1. The number of nitrogens with two attached hydrogens (primary N) is 1. The summed E-state index contributed by atoms with van der Waals surface area (Å²) < 4.78 is 0. The highest BCUT2D eigenvalue weighted by atomic mass is 16.2. The van der Waals surface area contributed by atoms with Crippen LogP contribution in [-0.4, -0.2) is 35.2 Å². The number of rotatable bonds is 6. The fraction of sp³-hybridized carbons (Fsp3) is 0.318. The van der Waals surface area contributed by atoms with E-state index in [0.29, 0.717) is 31.6 Å². The summed E-state index contributed by atoms with van der Waals surface area (Å²) in [6.45, 7) is 1.40. The summed E-state index contributed by atoms with van der Waals surface area (Å²) in [6.07, 6.45) is 0.613. The van der Waals surface area contributed by atoms with E-state index in [2.05, 4.69) is 10.6 Å². The number of nitrogens with zero attached hydrogens (tertiary/aromatic N) is 1. The lowest BCUT2D eigenvalue weighted by atomic mass is 10.0. The summed E-state index contributed by atoms with van der Waals surface area (Å²) in [6, 6.07) is 15.1. The van der Waals surface area contributed by atoms with E-state index < -0.39 is 11.9 Å². The number of carbonyl (C=O) groups excluding carboxylic acids is 3. The van der Waals surface area contributed by atoms with Crippen molar-refractivity contribution in [2.24, 2.45) is 5.73 Å². The Hall–Kier alpha value is -3.03. The molecule has 0 radical (unpaired) electrons. The summed E-state index contributed by atoms with van der Waals surface area (Å²) in [5.74, 6) is -0.835. The Bertz CT molecular complexity index is 944. The molecule has 2 aromatic carbocycles. The topological polar surface area (TPSA) is 105 Å². The van der Waals surface area contributed by atoms with Gasteiger partial charge in [0.05, 0.1) is 0 Å². The minimum atomic E-state index is -0.602. The molecule has 1 fully saturated rings. The first kappa shape index (κ1) is 19.3. The van der Waals surface area contributed by atoms with Crippen molar-refractivity contribution >= 4 is 17.7 Å². The molecule has 0 aliphatic carbocycles. The lowest BCUT2D eigenvalue weighted by molar-refractivity contribution is -0.136. The molecule has 2 atom stereocenters. The molecule has 2 aliphatic rings. The van der Waals surface area contributed by atoms with Gasteiger partial charge in [0.25, 0.3) is 5.91 Å². The highest BCUT2D eigenvalue weighted by molar-refractivity contribution is 6.05. The van der Waals surface area contributed by atoms with Crippen LogP contribution in [0.4, 0.5) is 0 Å². The molecule has 1 saturated heterocycles. The van der Waals surface area contributed by atoms with E-state index in [4.69, 9.17) is 5.73 Å². The second-order valence-corrected chi connectivity index (χ2v) is 7.42. The predicted octanol–water partition coefficient (Wildman–Crippen LogP) is 1.24. The maximum Gasteiger partial charge on any atom is 0.255 e. The molecule has 7 nitrogen and oxygen atoms in total. The minimum absolute atomic E-state index is 0.00963. The maximum atomic E-state index is 12.9. The van der Waals surface area contributed by atoms with Gasteiger partial charge in [-0.2, -0.15) is 0 Å². The molecule has 0 aromatic heterocycles. The molecule has 0 spiro atoms. The molecule has 7 heteroatoms. The molecule has 2 aliphatic heterocycles. The van der Waals surface area contributed by atoms with Crippen LogP contribution in [0.2, 0.25) is 0 Å². The summed E-state index contributed by atoms with van der Waals surface area (Å²) in [4.78, 5) is 38.1. The third kappa shape index (κ3) is 3.79. The molecule has 3 amide bonds. The van der Waals surface area contributed by atoms with Gasteiger partial charge in [-0.15, -0.1) is 0 Å². The van der Waals surface area contributed by atoms with Gasteiger partial charge in [0.2, 0.25) is 11.8 Å². The van der Waals surface area contributed by atoms with Crippen molar-refractivity contribution in [3.8, 4) is 0 Å². The van der Waals surface area contributed by atoms with E-state index in [0.717, 1.165) is 16.7 Å². The number of amides is 3. The SMILES string of the molecule is NC[C@H](NCc1cccc2c1CN(C1CCC(=O)NC1=O)C2=O)c1ccccc1. The predicted molar refractivity (Wildman–Crippen MR) is 108 cm³/mol. The van der Waals surface area contributed by atoms with E-state index in [9.17, 15) is 14.4 Å². The van der Waals surface area contributed by atoms with Gasteiger partial charge in [-0.25, -0.2) is 0 Å². The number of fused-ring (bicyclic) bond motifs is 1. The normalized spacial score (nSPS) is 19.8. The van der Waals surface area contributed by atoms with Crippen LogP contribution in [0.1, 0.15) is 45.9 Å². The van der Waals surface area contributed by atoms with E-state index >= 15 is 0 Å². The zero-order chi connectivity index (χ0) is 20.4. The van der Waals surface area contributed by atoms with Crippen molar-refractivity contribution in [1.82, 2.24) is 15.5 Å². The lowest BCUT2D eigenvalue weighted by Gasteiger charge is -2.29. The standard InChI is InChI=1S/C22H24N4O3/c23-11-18(14-5-2-1-3-6-14)24-12-15-7-4-8-16-17(15)13-26(22(16)29)19-9-10-20(27)25-21(19)28/h1-8,18-19,24H,9-13,23H2,(H,25,27,28)/t18-,19?/m0/s1. The van der Waals surface area contributed by atoms with Crippen LogP contribution in [0.3, 0.4) is 0 Å². The molecule has 4 N–H and O–H groups in total. The Labute approximate surface area is 169 Å². The molecule has 29 heavy (non-hydrogen) atoms. The first-order valence-corrected chi connectivity index (χ1v) is 9.82. The van der Waals surface area contributed by atoms with E-state index in [-0.39, 0.29) is 24.3 Å². The van der Waals surface area contributed by atoms with Gasteiger partial charge in [-0.3, -0.25) is 19.7 Å². The fourth-order valence-electron chi connectivity index (χ4n) is 4.07. The number of piperidine rings is 1. The molecule has 2 heterocycles. The molecular formula is C22H24N4O3. The monoisotopic (exact) mass is 392 g/mol. The van der Waals surface area contributed by atoms with Gasteiger partial charge in [0, 0.05) is 37.7 Å². The van der Waals surface area contributed by atoms with Crippen LogP contribution in [0.15, 0.2) is 48.5 Å². The number of nitrogens with one attached hydrogen (secondary N) is 2. The molecule has 150 valence electrons. The number of hydrogen-bond acceptors (Lipinski definition) is 5. The van der Waals surface area contributed by atoms with Crippen LogP contribution in [-0.2, 0) is 22.7 Å². The van der Waals surface area contributed by atoms with Crippen molar-refractivity contribution in [1.29, 1.82) is 0 Å².